The lowest BCUT2D eigenvalue weighted by Crippen LogP contribution is -2.00. The Morgan fingerprint density at radius 2 is 1.69 bits per heavy atom. The first-order valence-electron chi connectivity index (χ1n) is 5.88. The molecule has 16 heavy (non-hydrogen) atoms. The number of nitrogens with zero attached hydrogens (tertiary/aromatic N) is 3. The van der Waals surface area contributed by atoms with Crippen molar-refractivity contribution in [3.05, 3.63) is 23.3 Å². The molecule has 1 rings (SSSR count). The van der Waals surface area contributed by atoms with Crippen LogP contribution in [0.5, 0.6) is 0 Å². The van der Waals surface area contributed by atoms with E-state index >= 15 is 0 Å². The normalized spacial score (nSPS) is 8.19. The van der Waals surface area contributed by atoms with E-state index in [1.54, 1.807) is 0 Å². The number of hydrogen-bond donors (Lipinski definition) is 0. The summed E-state index contributed by atoms with van der Waals surface area (Å²) in [5.41, 5.74) is 2.20. The molecule has 0 amide bonds. The van der Waals surface area contributed by atoms with Crippen LogP contribution < -0.4 is 0 Å². The monoisotopic (exact) mass is 221 g/mol. The minimum atomic E-state index is 0.366. The van der Waals surface area contributed by atoms with Crippen molar-refractivity contribution in [1.82, 2.24) is 9.97 Å². The molecular weight excluding hydrogens is 198 g/mol. The third kappa shape index (κ3) is 5.45. The maximum atomic E-state index is 8.54. The molecule has 0 aliphatic carbocycles. The number of rotatable bonds is 1. The zero-order chi connectivity index (χ0) is 13.1. The number of aryl methyl sites for hydroxylation is 1. The fourth-order valence-electron chi connectivity index (χ4n) is 1.11. The van der Waals surface area contributed by atoms with E-state index in [9.17, 15) is 0 Å². The second-order valence-electron chi connectivity index (χ2n) is 2.99. The predicted octanol–water partition coefficient (Wildman–Crippen LogP) is 3.83. The Balaban J connectivity index is 0. The summed E-state index contributed by atoms with van der Waals surface area (Å²) in [7, 11) is 0. The Morgan fingerprint density at radius 3 is 2.00 bits per heavy atom. The van der Waals surface area contributed by atoms with Gasteiger partial charge in [-0.3, -0.25) is 4.98 Å². The van der Waals surface area contributed by atoms with E-state index in [0.29, 0.717) is 11.6 Å². The molecule has 0 radical (unpaired) electrons. The van der Waals surface area contributed by atoms with Crippen molar-refractivity contribution >= 4 is 0 Å². The molecule has 1 aromatic rings. The van der Waals surface area contributed by atoms with Gasteiger partial charge in [0.25, 0.3) is 0 Å². The minimum absolute atomic E-state index is 0.366. The summed E-state index contributed by atoms with van der Waals surface area (Å²) in [5.74, 6) is 0.366. The fourth-order valence-corrected chi connectivity index (χ4v) is 1.11. The molecule has 1 aromatic heterocycles. The highest BCUT2D eigenvalue weighted by atomic mass is 14.8. The Labute approximate surface area is 99.6 Å². The molecule has 1 heterocycles. The average molecular weight is 221 g/mol. The van der Waals surface area contributed by atoms with Crippen LogP contribution in [-0.2, 0) is 0 Å². The summed E-state index contributed by atoms with van der Waals surface area (Å²) >= 11 is 0. The molecule has 3 heteroatoms. The summed E-state index contributed by atoms with van der Waals surface area (Å²) < 4.78 is 0. The first kappa shape index (κ1) is 17.0. The van der Waals surface area contributed by atoms with Crippen molar-refractivity contribution in [2.45, 2.75) is 54.4 Å². The molecule has 0 aliphatic rings. The minimum Gasteiger partial charge on any atom is -0.256 e. The van der Waals surface area contributed by atoms with E-state index in [4.69, 9.17) is 5.26 Å². The summed E-state index contributed by atoms with van der Waals surface area (Å²) in [6.07, 6.45) is 1.52. The molecule has 0 saturated carbocycles. The van der Waals surface area contributed by atoms with Crippen molar-refractivity contribution in [3.63, 3.8) is 0 Å². The van der Waals surface area contributed by atoms with Crippen molar-refractivity contribution in [2.75, 3.05) is 0 Å². The van der Waals surface area contributed by atoms with Crippen LogP contribution in [0.15, 0.2) is 6.20 Å². The first-order valence-corrected chi connectivity index (χ1v) is 5.88. The molecule has 3 nitrogen and oxygen atoms in total. The van der Waals surface area contributed by atoms with Crippen LogP contribution in [0, 0.1) is 18.3 Å². The van der Waals surface area contributed by atoms with Gasteiger partial charge in [0.05, 0.1) is 17.6 Å². The van der Waals surface area contributed by atoms with Crippen molar-refractivity contribution in [1.29, 1.82) is 5.26 Å². The van der Waals surface area contributed by atoms with Gasteiger partial charge in [0.1, 0.15) is 6.07 Å². The van der Waals surface area contributed by atoms with Crippen LogP contribution in [-0.4, -0.2) is 9.97 Å². The Hall–Kier alpha value is -1.43. The first-order chi connectivity index (χ1) is 7.65. The number of aromatic nitrogens is 2. The van der Waals surface area contributed by atoms with E-state index < -0.39 is 0 Å². The SMILES string of the molecule is CC.CC.Cc1nc(C#N)cnc1C(C)C. The predicted molar refractivity (Wildman–Crippen MR) is 68.3 cm³/mol. The van der Waals surface area contributed by atoms with Crippen LogP contribution in [0.3, 0.4) is 0 Å². The van der Waals surface area contributed by atoms with Crippen LogP contribution in [0.25, 0.3) is 0 Å². The van der Waals surface area contributed by atoms with Gasteiger partial charge in [-0.1, -0.05) is 41.5 Å². The van der Waals surface area contributed by atoms with Gasteiger partial charge in [-0.2, -0.15) is 5.26 Å². The molecule has 0 aromatic carbocycles. The quantitative estimate of drug-likeness (QED) is 0.724. The average Bonchev–Trinajstić information content (AvgIpc) is 2.33. The molecule has 0 aliphatic heterocycles. The van der Waals surface area contributed by atoms with Crippen LogP contribution >= 0.6 is 0 Å². The third-order valence-corrected chi connectivity index (χ3v) is 1.65. The van der Waals surface area contributed by atoms with Gasteiger partial charge in [0.15, 0.2) is 5.69 Å². The number of nitriles is 1. The van der Waals surface area contributed by atoms with Crippen LogP contribution in [0.2, 0.25) is 0 Å². The highest BCUT2D eigenvalue weighted by Gasteiger charge is 2.06. The lowest BCUT2D eigenvalue weighted by molar-refractivity contribution is 0.793. The van der Waals surface area contributed by atoms with Gasteiger partial charge < -0.3 is 0 Å². The number of hydrogen-bond acceptors (Lipinski definition) is 3. The molecule has 0 saturated heterocycles. The Morgan fingerprint density at radius 1 is 1.19 bits per heavy atom. The van der Waals surface area contributed by atoms with Gasteiger partial charge >= 0.3 is 0 Å². The van der Waals surface area contributed by atoms with Crippen LogP contribution in [0.1, 0.15) is 64.5 Å². The maximum Gasteiger partial charge on any atom is 0.159 e. The zero-order valence-corrected chi connectivity index (χ0v) is 11.5. The summed E-state index contributed by atoms with van der Waals surface area (Å²) in [6.45, 7) is 14.0. The van der Waals surface area contributed by atoms with E-state index in [1.807, 2.05) is 40.7 Å². The van der Waals surface area contributed by atoms with E-state index in [1.165, 1.54) is 6.20 Å². The third-order valence-electron chi connectivity index (χ3n) is 1.65. The fraction of sp³-hybridized carbons (Fsp3) is 0.615. The van der Waals surface area contributed by atoms with Gasteiger partial charge in [-0.25, -0.2) is 4.98 Å². The van der Waals surface area contributed by atoms with E-state index in [0.717, 1.165) is 11.4 Å². The lowest BCUT2D eigenvalue weighted by atomic mass is 10.1. The van der Waals surface area contributed by atoms with Gasteiger partial charge in [0, 0.05) is 0 Å². The summed E-state index contributed by atoms with van der Waals surface area (Å²) in [4.78, 5) is 8.25. The lowest BCUT2D eigenvalue weighted by Gasteiger charge is -2.06. The summed E-state index contributed by atoms with van der Waals surface area (Å²) in [5, 5.41) is 8.54. The Bertz CT molecular complexity index is 324. The molecule has 0 bridgehead atoms. The molecular formula is C13H23N3. The largest absolute Gasteiger partial charge is 0.256 e. The summed E-state index contributed by atoms with van der Waals surface area (Å²) in [6, 6.07) is 1.96. The highest BCUT2D eigenvalue weighted by Crippen LogP contribution is 2.13. The molecule has 0 unspecified atom stereocenters. The van der Waals surface area contributed by atoms with Crippen molar-refractivity contribution in [2.24, 2.45) is 0 Å². The molecule has 0 atom stereocenters. The topological polar surface area (TPSA) is 49.6 Å². The smallest absolute Gasteiger partial charge is 0.159 e. The molecule has 0 N–H and O–H groups in total. The second kappa shape index (κ2) is 10.1. The van der Waals surface area contributed by atoms with Crippen LogP contribution in [0.4, 0.5) is 0 Å². The molecule has 0 fully saturated rings. The van der Waals surface area contributed by atoms with Gasteiger partial charge in [0.2, 0.25) is 0 Å². The van der Waals surface area contributed by atoms with E-state index in [2.05, 4.69) is 23.8 Å². The van der Waals surface area contributed by atoms with Gasteiger partial charge in [-0.05, 0) is 12.8 Å². The zero-order valence-electron chi connectivity index (χ0n) is 11.5. The van der Waals surface area contributed by atoms with Crippen molar-refractivity contribution in [3.8, 4) is 6.07 Å². The maximum absolute atomic E-state index is 8.54. The highest BCUT2D eigenvalue weighted by molar-refractivity contribution is 5.22. The molecule has 90 valence electrons. The van der Waals surface area contributed by atoms with E-state index in [-0.39, 0.29) is 0 Å². The van der Waals surface area contributed by atoms with Crippen molar-refractivity contribution < 1.29 is 0 Å². The van der Waals surface area contributed by atoms with Gasteiger partial charge in [-0.15, -0.1) is 0 Å². The standard InChI is InChI=1S/C9H11N3.2C2H6/c1-6(2)9-7(3)12-8(4-10)5-11-9;2*1-2/h5-6H,1-3H3;2*1-2H3. The second-order valence-corrected chi connectivity index (χ2v) is 2.99. The Kier molecular flexibility index (Phi) is 10.7. The molecule has 0 spiro atoms.